The van der Waals surface area contributed by atoms with Gasteiger partial charge in [-0.25, -0.2) is 14.6 Å². The Morgan fingerprint density at radius 2 is 1.95 bits per heavy atom. The van der Waals surface area contributed by atoms with Crippen molar-refractivity contribution in [3.8, 4) is 0 Å². The third-order valence-electron chi connectivity index (χ3n) is 2.02. The lowest BCUT2D eigenvalue weighted by molar-refractivity contribution is -0.143. The zero-order chi connectivity index (χ0) is 15.7. The molecule has 1 aromatic rings. The van der Waals surface area contributed by atoms with Crippen molar-refractivity contribution in [1.29, 1.82) is 0 Å². The number of hydrogen-bond donors (Lipinski definition) is 1. The zero-order valence-electron chi connectivity index (χ0n) is 11.2. The molecule has 1 aromatic heterocycles. The largest absolute Gasteiger partial charge is 0.463 e. The first-order valence-electron chi connectivity index (χ1n) is 5.95. The maximum Gasteiger partial charge on any atom is 0.331 e. The van der Waals surface area contributed by atoms with Gasteiger partial charge in [0.1, 0.15) is 0 Å². The molecule has 8 heteroatoms. The first-order valence-corrected chi connectivity index (χ1v) is 6.32. The molecule has 0 aliphatic carbocycles. The number of ether oxygens (including phenoxy) is 2. The van der Waals surface area contributed by atoms with Gasteiger partial charge >= 0.3 is 11.9 Å². The highest BCUT2D eigenvalue weighted by Gasteiger charge is 2.08. The zero-order valence-corrected chi connectivity index (χ0v) is 11.9. The molecule has 1 heterocycles. The van der Waals surface area contributed by atoms with E-state index in [1.807, 2.05) is 0 Å². The Hall–Kier alpha value is -2.41. The van der Waals surface area contributed by atoms with E-state index >= 15 is 0 Å². The minimum atomic E-state index is -0.838. The summed E-state index contributed by atoms with van der Waals surface area (Å²) in [5.74, 6) is -2.08. The average Bonchev–Trinajstić information content (AvgIpc) is 2.46. The van der Waals surface area contributed by atoms with Crippen LogP contribution < -0.4 is 5.32 Å². The highest BCUT2D eigenvalue weighted by atomic mass is 35.5. The lowest BCUT2D eigenvalue weighted by Gasteiger charge is -2.06. The molecule has 0 unspecified atom stereocenters. The van der Waals surface area contributed by atoms with E-state index in [1.54, 1.807) is 19.1 Å². The lowest BCUT2D eigenvalue weighted by atomic mass is 10.4. The third kappa shape index (κ3) is 6.53. The normalized spacial score (nSPS) is 10.2. The lowest BCUT2D eigenvalue weighted by Crippen LogP contribution is -2.20. The maximum atomic E-state index is 11.5. The van der Waals surface area contributed by atoms with Crippen LogP contribution in [-0.2, 0) is 23.9 Å². The van der Waals surface area contributed by atoms with E-state index in [1.165, 1.54) is 6.20 Å². The van der Waals surface area contributed by atoms with Crippen LogP contribution in [-0.4, -0.2) is 36.0 Å². The number of carbonyl (C=O) groups is 3. The molecular weight excluding hydrogens is 300 g/mol. The number of nitrogens with one attached hydrogen (secondary N) is 1. The molecule has 0 aliphatic heterocycles. The van der Waals surface area contributed by atoms with E-state index in [2.05, 4.69) is 19.8 Å². The molecule has 0 atom stereocenters. The summed E-state index contributed by atoms with van der Waals surface area (Å²) in [7, 11) is 0. The van der Waals surface area contributed by atoms with Crippen LogP contribution in [0.25, 0.3) is 0 Å². The number of carbonyl (C=O) groups excluding carboxylic acids is 3. The molecule has 0 aliphatic rings. The van der Waals surface area contributed by atoms with Crippen molar-refractivity contribution in [2.45, 2.75) is 6.92 Å². The van der Waals surface area contributed by atoms with Gasteiger partial charge in [0, 0.05) is 18.3 Å². The molecule has 112 valence electrons. The molecule has 0 fully saturated rings. The summed E-state index contributed by atoms with van der Waals surface area (Å²) in [6.45, 7) is 1.32. The molecule has 0 spiro atoms. The van der Waals surface area contributed by atoms with Crippen molar-refractivity contribution in [3.63, 3.8) is 0 Å². The minimum absolute atomic E-state index is 0.124. The predicted octanol–water partition coefficient (Wildman–Crippen LogP) is 1.34. The summed E-state index contributed by atoms with van der Waals surface area (Å²) in [5.41, 5.74) is 0.308. The monoisotopic (exact) mass is 312 g/mol. The van der Waals surface area contributed by atoms with Crippen molar-refractivity contribution >= 4 is 35.1 Å². The number of nitrogens with zero attached hydrogens (tertiary/aromatic N) is 1. The van der Waals surface area contributed by atoms with Crippen LogP contribution in [0.1, 0.15) is 6.92 Å². The molecule has 0 radical (unpaired) electrons. The fourth-order valence-electron chi connectivity index (χ4n) is 1.18. The van der Waals surface area contributed by atoms with Crippen molar-refractivity contribution in [2.24, 2.45) is 0 Å². The van der Waals surface area contributed by atoms with Gasteiger partial charge in [-0.15, -0.1) is 0 Å². The van der Waals surface area contributed by atoms with Crippen LogP contribution in [0.2, 0.25) is 5.15 Å². The molecule has 1 amide bonds. The Labute approximate surface area is 125 Å². The van der Waals surface area contributed by atoms with Crippen LogP contribution >= 0.6 is 11.6 Å². The van der Waals surface area contributed by atoms with Gasteiger partial charge in [-0.2, -0.15) is 0 Å². The Bertz CT molecular complexity index is 559. The maximum absolute atomic E-state index is 11.5. The first-order chi connectivity index (χ1) is 10.0. The van der Waals surface area contributed by atoms with Gasteiger partial charge in [-0.1, -0.05) is 11.6 Å². The Balaban J connectivity index is 2.38. The van der Waals surface area contributed by atoms with Crippen molar-refractivity contribution in [2.75, 3.05) is 18.5 Å². The molecular formula is C13H13ClN2O5. The molecule has 0 bridgehead atoms. The minimum Gasteiger partial charge on any atom is -0.463 e. The number of amides is 1. The fourth-order valence-corrected chi connectivity index (χ4v) is 1.34. The predicted molar refractivity (Wildman–Crippen MR) is 74.6 cm³/mol. The molecule has 7 nitrogen and oxygen atoms in total. The summed E-state index contributed by atoms with van der Waals surface area (Å²) < 4.78 is 9.21. The third-order valence-corrected chi connectivity index (χ3v) is 2.32. The second-order valence-corrected chi connectivity index (χ2v) is 3.94. The molecule has 21 heavy (non-hydrogen) atoms. The summed E-state index contributed by atoms with van der Waals surface area (Å²) in [6.07, 6.45) is 3.27. The van der Waals surface area contributed by atoms with Crippen LogP contribution in [0, 0.1) is 0 Å². The highest BCUT2D eigenvalue weighted by molar-refractivity contribution is 6.32. The number of rotatable bonds is 6. The number of esters is 2. The molecule has 0 aromatic carbocycles. The molecule has 0 saturated heterocycles. The van der Waals surface area contributed by atoms with Gasteiger partial charge < -0.3 is 14.8 Å². The van der Waals surface area contributed by atoms with Crippen LogP contribution in [0.15, 0.2) is 30.5 Å². The van der Waals surface area contributed by atoms with Gasteiger partial charge in [0.15, 0.2) is 11.8 Å². The summed E-state index contributed by atoms with van der Waals surface area (Å²) in [6, 6.07) is 3.14. The number of pyridine rings is 1. The number of anilines is 1. The van der Waals surface area contributed by atoms with Crippen LogP contribution in [0.5, 0.6) is 0 Å². The van der Waals surface area contributed by atoms with Crippen LogP contribution in [0.4, 0.5) is 5.69 Å². The van der Waals surface area contributed by atoms with E-state index in [0.29, 0.717) is 5.69 Å². The second kappa shape index (κ2) is 8.70. The SMILES string of the molecule is CCOC(=O)/C=C/C(=O)OCC(=O)Nc1cccnc1Cl. The second-order valence-electron chi connectivity index (χ2n) is 3.58. The number of halogens is 1. The van der Waals surface area contributed by atoms with Gasteiger partial charge in [-0.3, -0.25) is 4.79 Å². The molecule has 1 rings (SSSR count). The van der Waals surface area contributed by atoms with Crippen molar-refractivity contribution in [3.05, 3.63) is 35.6 Å². The molecule has 0 saturated carbocycles. The number of hydrogen-bond acceptors (Lipinski definition) is 6. The van der Waals surface area contributed by atoms with E-state index < -0.39 is 24.5 Å². The fraction of sp³-hybridized carbons (Fsp3) is 0.231. The average molecular weight is 313 g/mol. The topological polar surface area (TPSA) is 94.6 Å². The van der Waals surface area contributed by atoms with Gasteiger partial charge in [0.05, 0.1) is 12.3 Å². The number of aromatic nitrogens is 1. The summed E-state index contributed by atoms with van der Waals surface area (Å²) >= 11 is 5.75. The van der Waals surface area contributed by atoms with E-state index in [4.69, 9.17) is 11.6 Å². The highest BCUT2D eigenvalue weighted by Crippen LogP contribution is 2.16. The van der Waals surface area contributed by atoms with Gasteiger partial charge in [-0.05, 0) is 19.1 Å². The first kappa shape index (κ1) is 16.6. The summed E-state index contributed by atoms with van der Waals surface area (Å²) in [4.78, 5) is 37.5. The molecule has 1 N–H and O–H groups in total. The van der Waals surface area contributed by atoms with E-state index in [-0.39, 0.29) is 11.8 Å². The van der Waals surface area contributed by atoms with Gasteiger partial charge in [0.25, 0.3) is 5.91 Å². The van der Waals surface area contributed by atoms with Crippen LogP contribution in [0.3, 0.4) is 0 Å². The van der Waals surface area contributed by atoms with E-state index in [9.17, 15) is 14.4 Å². The summed E-state index contributed by atoms with van der Waals surface area (Å²) in [5, 5.41) is 2.55. The standard InChI is InChI=1S/C13H13ClN2O5/c1-2-20-11(18)5-6-12(19)21-8-10(17)16-9-4-3-7-15-13(9)14/h3-7H,2,8H2,1H3,(H,16,17)/b6-5+. The Morgan fingerprint density at radius 1 is 1.29 bits per heavy atom. The van der Waals surface area contributed by atoms with Crippen molar-refractivity contribution < 1.29 is 23.9 Å². The van der Waals surface area contributed by atoms with Gasteiger partial charge in [0.2, 0.25) is 0 Å². The quantitative estimate of drug-likeness (QED) is 0.484. The van der Waals surface area contributed by atoms with Crippen molar-refractivity contribution in [1.82, 2.24) is 4.98 Å². The Kier molecular flexibility index (Phi) is 6.90. The van der Waals surface area contributed by atoms with E-state index in [0.717, 1.165) is 12.2 Å². The smallest absolute Gasteiger partial charge is 0.331 e. The Morgan fingerprint density at radius 3 is 2.57 bits per heavy atom.